The van der Waals surface area contributed by atoms with Crippen LogP contribution >= 0.6 is 34.4 Å². The van der Waals surface area contributed by atoms with Crippen LogP contribution in [0, 0.1) is 10.5 Å². The monoisotopic (exact) mass is 389 g/mol. The van der Waals surface area contributed by atoms with E-state index in [9.17, 15) is 4.79 Å². The second-order valence-electron chi connectivity index (χ2n) is 3.80. The van der Waals surface area contributed by atoms with E-state index in [1.807, 2.05) is 25.1 Å². The van der Waals surface area contributed by atoms with Crippen LogP contribution in [0.2, 0.25) is 0 Å². The van der Waals surface area contributed by atoms with E-state index in [4.69, 9.17) is 5.73 Å². The third-order valence-corrected chi connectivity index (χ3v) is 3.80. The Morgan fingerprint density at radius 1 is 1.58 bits per heavy atom. The minimum Gasteiger partial charge on any atom is -0.368 e. The second kappa shape index (κ2) is 6.24. The fourth-order valence-corrected chi connectivity index (χ4v) is 2.66. The summed E-state index contributed by atoms with van der Waals surface area (Å²) in [7, 11) is 0. The van der Waals surface area contributed by atoms with Crippen LogP contribution in [0.1, 0.15) is 5.56 Å². The maximum atomic E-state index is 11.8. The molecule has 6 nitrogen and oxygen atoms in total. The van der Waals surface area contributed by atoms with E-state index in [1.54, 1.807) is 0 Å². The number of hydrogen-bond acceptors (Lipinski definition) is 5. The van der Waals surface area contributed by atoms with Gasteiger partial charge in [0.25, 0.3) is 0 Å². The van der Waals surface area contributed by atoms with Gasteiger partial charge in [0.2, 0.25) is 17.0 Å². The lowest BCUT2D eigenvalue weighted by molar-refractivity contribution is -0.113. The summed E-state index contributed by atoms with van der Waals surface area (Å²) in [6.07, 6.45) is 0. The van der Waals surface area contributed by atoms with Crippen LogP contribution in [0.25, 0.3) is 0 Å². The number of aromatic nitrogens is 3. The number of nitrogens with one attached hydrogen (secondary N) is 2. The van der Waals surface area contributed by atoms with Gasteiger partial charge in [-0.2, -0.15) is 4.98 Å². The van der Waals surface area contributed by atoms with Crippen molar-refractivity contribution in [3.63, 3.8) is 0 Å². The molecule has 0 bridgehead atoms. The minimum absolute atomic E-state index is 0.0994. The number of nitrogens with two attached hydrogens (primary N) is 1. The Morgan fingerprint density at radius 3 is 3.00 bits per heavy atom. The summed E-state index contributed by atoms with van der Waals surface area (Å²) in [6, 6.07) is 5.86. The normalized spacial score (nSPS) is 10.4. The molecule has 8 heteroatoms. The van der Waals surface area contributed by atoms with Crippen molar-refractivity contribution in [2.75, 3.05) is 16.8 Å². The van der Waals surface area contributed by atoms with Gasteiger partial charge in [-0.25, -0.2) is 5.10 Å². The van der Waals surface area contributed by atoms with Crippen molar-refractivity contribution in [2.24, 2.45) is 0 Å². The average Bonchev–Trinajstić information content (AvgIpc) is 2.76. The quantitative estimate of drug-likeness (QED) is 0.549. The van der Waals surface area contributed by atoms with Crippen molar-refractivity contribution in [3.8, 4) is 0 Å². The number of rotatable bonds is 4. The number of carbonyl (C=O) groups excluding carboxylic acids is 1. The first-order valence-corrected chi connectivity index (χ1v) is 7.47. The van der Waals surface area contributed by atoms with Gasteiger partial charge in [0.05, 0.1) is 5.75 Å². The zero-order chi connectivity index (χ0) is 13.8. The topological polar surface area (TPSA) is 96.7 Å². The second-order valence-corrected chi connectivity index (χ2v) is 5.99. The highest BCUT2D eigenvalue weighted by atomic mass is 127. The molecule has 100 valence electrons. The van der Waals surface area contributed by atoms with Crippen LogP contribution in [0.15, 0.2) is 23.4 Å². The molecule has 0 atom stereocenters. The highest BCUT2D eigenvalue weighted by Crippen LogP contribution is 2.19. The van der Waals surface area contributed by atoms with Crippen LogP contribution in [0.4, 0.5) is 11.6 Å². The van der Waals surface area contributed by atoms with Gasteiger partial charge in [-0.1, -0.05) is 11.8 Å². The molecular weight excluding hydrogens is 377 g/mol. The van der Waals surface area contributed by atoms with Gasteiger partial charge < -0.3 is 11.1 Å². The number of carbonyl (C=O) groups is 1. The van der Waals surface area contributed by atoms with Crippen LogP contribution in [0.5, 0.6) is 0 Å². The number of H-pyrrole nitrogens is 1. The van der Waals surface area contributed by atoms with Crippen LogP contribution in [0.3, 0.4) is 0 Å². The SMILES string of the molecule is Cc1cc(I)ccc1NC(=O)CSc1n[nH]c(N)n1. The van der Waals surface area contributed by atoms with E-state index in [0.29, 0.717) is 5.16 Å². The van der Waals surface area contributed by atoms with E-state index in [0.717, 1.165) is 14.8 Å². The van der Waals surface area contributed by atoms with Crippen molar-refractivity contribution < 1.29 is 4.79 Å². The lowest BCUT2D eigenvalue weighted by Gasteiger charge is -2.07. The van der Waals surface area contributed by atoms with Crippen molar-refractivity contribution in [2.45, 2.75) is 12.1 Å². The van der Waals surface area contributed by atoms with Gasteiger partial charge in [-0.05, 0) is 53.3 Å². The molecule has 0 saturated heterocycles. The van der Waals surface area contributed by atoms with E-state index in [2.05, 4.69) is 43.1 Å². The molecule has 0 aliphatic heterocycles. The van der Waals surface area contributed by atoms with E-state index in [1.165, 1.54) is 11.8 Å². The molecule has 2 rings (SSSR count). The summed E-state index contributed by atoms with van der Waals surface area (Å²) < 4.78 is 1.14. The molecule has 0 aliphatic rings. The Kier molecular flexibility index (Phi) is 4.64. The first kappa shape index (κ1) is 14.1. The van der Waals surface area contributed by atoms with Gasteiger partial charge in [-0.15, -0.1) is 5.10 Å². The van der Waals surface area contributed by atoms with Crippen LogP contribution in [-0.4, -0.2) is 26.8 Å². The number of thioether (sulfide) groups is 1. The van der Waals surface area contributed by atoms with E-state index < -0.39 is 0 Å². The summed E-state index contributed by atoms with van der Waals surface area (Å²) in [6.45, 7) is 1.96. The van der Waals surface area contributed by atoms with Gasteiger partial charge in [0.1, 0.15) is 0 Å². The standard InChI is InChI=1S/C11H12IN5OS/c1-6-4-7(12)2-3-8(6)14-9(18)5-19-11-15-10(13)16-17-11/h2-4H,5H2,1H3,(H,14,18)(H3,13,15,16,17). The molecule has 1 aromatic carbocycles. The van der Waals surface area contributed by atoms with Gasteiger partial charge in [0.15, 0.2) is 0 Å². The Labute approximate surface area is 128 Å². The number of benzene rings is 1. The van der Waals surface area contributed by atoms with Gasteiger partial charge >= 0.3 is 0 Å². The maximum absolute atomic E-state index is 11.8. The molecule has 0 radical (unpaired) electrons. The van der Waals surface area contributed by atoms with E-state index in [-0.39, 0.29) is 17.6 Å². The lowest BCUT2D eigenvalue weighted by Crippen LogP contribution is -2.15. The molecule has 19 heavy (non-hydrogen) atoms. The number of amides is 1. The average molecular weight is 389 g/mol. The molecule has 0 aliphatic carbocycles. The highest BCUT2D eigenvalue weighted by molar-refractivity contribution is 14.1. The largest absolute Gasteiger partial charge is 0.368 e. The van der Waals surface area contributed by atoms with Crippen molar-refractivity contribution in [3.05, 3.63) is 27.3 Å². The minimum atomic E-state index is -0.0994. The van der Waals surface area contributed by atoms with Crippen LogP contribution < -0.4 is 11.1 Å². The Morgan fingerprint density at radius 2 is 2.37 bits per heavy atom. The fraction of sp³-hybridized carbons (Fsp3) is 0.182. The van der Waals surface area contributed by atoms with Crippen LogP contribution in [-0.2, 0) is 4.79 Å². The molecule has 1 heterocycles. The molecule has 0 unspecified atom stereocenters. The molecule has 0 saturated carbocycles. The summed E-state index contributed by atoms with van der Waals surface area (Å²) in [5.74, 6) is 0.386. The Balaban J connectivity index is 1.90. The van der Waals surface area contributed by atoms with Crippen molar-refractivity contribution >= 4 is 51.9 Å². The third kappa shape index (κ3) is 4.10. The number of nitrogens with zero attached hydrogens (tertiary/aromatic N) is 2. The smallest absolute Gasteiger partial charge is 0.234 e. The maximum Gasteiger partial charge on any atom is 0.234 e. The zero-order valence-corrected chi connectivity index (χ0v) is 13.1. The number of nitrogen functional groups attached to an aromatic ring is 1. The van der Waals surface area contributed by atoms with E-state index >= 15 is 0 Å². The highest BCUT2D eigenvalue weighted by Gasteiger charge is 2.08. The molecular formula is C11H12IN5OS. The fourth-order valence-electron chi connectivity index (χ4n) is 1.41. The van der Waals surface area contributed by atoms with Gasteiger partial charge in [-0.3, -0.25) is 4.79 Å². The summed E-state index contributed by atoms with van der Waals surface area (Å²) in [4.78, 5) is 15.7. The Hall–Kier alpha value is -1.29. The first-order valence-electron chi connectivity index (χ1n) is 5.41. The van der Waals surface area contributed by atoms with Crippen molar-refractivity contribution in [1.82, 2.24) is 15.2 Å². The summed E-state index contributed by atoms with van der Waals surface area (Å²) in [5, 5.41) is 9.68. The lowest BCUT2D eigenvalue weighted by atomic mass is 10.2. The number of hydrogen-bond donors (Lipinski definition) is 3. The summed E-state index contributed by atoms with van der Waals surface area (Å²) in [5.41, 5.74) is 7.25. The predicted octanol–water partition coefficient (Wildman–Crippen LogP) is 2.03. The molecule has 1 aromatic heterocycles. The first-order chi connectivity index (χ1) is 9.04. The third-order valence-electron chi connectivity index (χ3n) is 2.28. The molecule has 1 amide bonds. The molecule has 4 N–H and O–H groups in total. The number of anilines is 2. The number of halogens is 1. The predicted molar refractivity (Wildman–Crippen MR) is 84.0 cm³/mol. The summed E-state index contributed by atoms with van der Waals surface area (Å²) >= 11 is 3.46. The Bertz CT molecular complexity index is 601. The molecule has 2 aromatic rings. The molecule has 0 spiro atoms. The molecule has 0 fully saturated rings. The van der Waals surface area contributed by atoms with Crippen molar-refractivity contribution in [1.29, 1.82) is 0 Å². The zero-order valence-electron chi connectivity index (χ0n) is 10.1. The number of aryl methyl sites for hydroxylation is 1. The number of aromatic amines is 1. The van der Waals surface area contributed by atoms with Gasteiger partial charge in [0, 0.05) is 9.26 Å².